The second-order valence-electron chi connectivity index (χ2n) is 12.1. The lowest BCUT2D eigenvalue weighted by Crippen LogP contribution is -2.45. The molecule has 3 unspecified atom stereocenters. The van der Waals surface area contributed by atoms with Crippen LogP contribution in [-0.4, -0.2) is 44.7 Å². The summed E-state index contributed by atoms with van der Waals surface area (Å²) < 4.78 is 0. The molecule has 2 aliphatic heterocycles. The third-order valence-electron chi connectivity index (χ3n) is 9.61. The van der Waals surface area contributed by atoms with Gasteiger partial charge in [0.25, 0.3) is 17.7 Å². The SMILES string of the molecule is CCCC(C)N1C(=O)c2ccc3c4c(C#N)cc5c6c(ccc(c7c(C#N)cc(c2c37)C1=O)c64)C(=O)N(C(C)CCC)C5O. The lowest BCUT2D eigenvalue weighted by Gasteiger charge is -2.38. The molecule has 1 N–H and O–H groups in total. The highest BCUT2D eigenvalue weighted by atomic mass is 16.3. The zero-order chi connectivity index (χ0) is 31.2. The number of aliphatic hydroxyl groups is 1. The summed E-state index contributed by atoms with van der Waals surface area (Å²) in [6.07, 6.45) is 1.76. The maximum atomic E-state index is 13.9. The smallest absolute Gasteiger partial charge is 0.261 e. The van der Waals surface area contributed by atoms with Crippen LogP contribution in [0.25, 0.3) is 43.1 Å². The van der Waals surface area contributed by atoms with Crippen LogP contribution in [0, 0.1) is 22.7 Å². The van der Waals surface area contributed by atoms with Crippen molar-refractivity contribution in [3.8, 4) is 12.1 Å². The number of fused-ring (bicyclic) bond motifs is 2. The summed E-state index contributed by atoms with van der Waals surface area (Å²) in [5.41, 5.74) is 2.14. The van der Waals surface area contributed by atoms with Crippen LogP contribution >= 0.6 is 0 Å². The first kappa shape index (κ1) is 27.8. The topological polar surface area (TPSA) is 126 Å². The lowest BCUT2D eigenvalue weighted by atomic mass is 9.79. The number of hydrogen-bond donors (Lipinski definition) is 1. The molecule has 5 aromatic carbocycles. The minimum absolute atomic E-state index is 0.222. The molecule has 0 aromatic heterocycles. The monoisotopic (exact) mass is 582 g/mol. The molecule has 0 bridgehead atoms. The molecule has 3 amide bonds. The van der Waals surface area contributed by atoms with Gasteiger partial charge < -0.3 is 10.0 Å². The van der Waals surface area contributed by atoms with Gasteiger partial charge in [0.05, 0.1) is 28.8 Å². The second kappa shape index (κ2) is 9.74. The molecule has 8 nitrogen and oxygen atoms in total. The Morgan fingerprint density at radius 1 is 0.705 bits per heavy atom. The summed E-state index contributed by atoms with van der Waals surface area (Å²) in [7, 11) is 0. The Morgan fingerprint density at radius 2 is 1.23 bits per heavy atom. The molecule has 2 aliphatic rings. The fraction of sp³-hybridized carbons (Fsp3) is 0.306. The van der Waals surface area contributed by atoms with Crippen molar-refractivity contribution < 1.29 is 19.5 Å². The Kier molecular flexibility index (Phi) is 6.14. The van der Waals surface area contributed by atoms with Crippen LogP contribution in [0.5, 0.6) is 0 Å². The first-order chi connectivity index (χ1) is 21.2. The zero-order valence-electron chi connectivity index (χ0n) is 25.0. The Morgan fingerprint density at radius 3 is 1.82 bits per heavy atom. The van der Waals surface area contributed by atoms with Gasteiger partial charge in [0.15, 0.2) is 6.23 Å². The number of rotatable bonds is 6. The van der Waals surface area contributed by atoms with Crippen molar-refractivity contribution in [1.29, 1.82) is 10.5 Å². The average Bonchev–Trinajstić information content (AvgIpc) is 3.01. The highest BCUT2D eigenvalue weighted by molar-refractivity contribution is 6.41. The van der Waals surface area contributed by atoms with E-state index in [9.17, 15) is 30.0 Å². The third kappa shape index (κ3) is 3.38. The highest BCUT2D eigenvalue weighted by Gasteiger charge is 2.40. The maximum absolute atomic E-state index is 13.9. The molecule has 0 saturated carbocycles. The van der Waals surface area contributed by atoms with Gasteiger partial charge >= 0.3 is 0 Å². The van der Waals surface area contributed by atoms with E-state index in [1.54, 1.807) is 36.4 Å². The molecule has 0 fully saturated rings. The molecular formula is C36H30N4O4. The molecule has 218 valence electrons. The van der Waals surface area contributed by atoms with E-state index in [1.165, 1.54) is 9.80 Å². The summed E-state index contributed by atoms with van der Waals surface area (Å²) in [6.45, 7) is 7.79. The first-order valence-corrected chi connectivity index (χ1v) is 15.2. The van der Waals surface area contributed by atoms with Gasteiger partial charge in [-0.2, -0.15) is 10.5 Å². The van der Waals surface area contributed by atoms with Crippen molar-refractivity contribution in [2.45, 2.75) is 71.7 Å². The summed E-state index contributed by atoms with van der Waals surface area (Å²) in [4.78, 5) is 44.4. The van der Waals surface area contributed by atoms with Crippen LogP contribution in [0.15, 0.2) is 36.4 Å². The molecule has 0 aliphatic carbocycles. The van der Waals surface area contributed by atoms with Gasteiger partial charge in [0, 0.05) is 55.7 Å². The number of benzene rings is 5. The van der Waals surface area contributed by atoms with Crippen molar-refractivity contribution in [2.24, 2.45) is 0 Å². The molecule has 7 rings (SSSR count). The van der Waals surface area contributed by atoms with E-state index in [0.29, 0.717) is 83.7 Å². The predicted molar refractivity (Wildman–Crippen MR) is 167 cm³/mol. The number of imide groups is 1. The average molecular weight is 583 g/mol. The minimum Gasteiger partial charge on any atom is -0.369 e. The summed E-state index contributed by atoms with van der Waals surface area (Å²) >= 11 is 0. The van der Waals surface area contributed by atoms with Crippen molar-refractivity contribution >= 4 is 60.8 Å². The molecular weight excluding hydrogens is 552 g/mol. The van der Waals surface area contributed by atoms with Gasteiger partial charge in [0.1, 0.15) is 0 Å². The number of hydrogen-bond acceptors (Lipinski definition) is 6. The van der Waals surface area contributed by atoms with E-state index in [4.69, 9.17) is 0 Å². The molecule has 8 heteroatoms. The zero-order valence-corrected chi connectivity index (χ0v) is 25.0. The summed E-state index contributed by atoms with van der Waals surface area (Å²) in [6, 6.07) is 14.3. The maximum Gasteiger partial charge on any atom is 0.261 e. The second-order valence-corrected chi connectivity index (χ2v) is 12.1. The van der Waals surface area contributed by atoms with E-state index in [1.807, 2.05) is 27.7 Å². The number of carbonyl (C=O) groups excluding carboxylic acids is 3. The van der Waals surface area contributed by atoms with Gasteiger partial charge in [-0.15, -0.1) is 0 Å². The van der Waals surface area contributed by atoms with E-state index in [2.05, 4.69) is 12.1 Å². The van der Waals surface area contributed by atoms with Crippen LogP contribution in [0.2, 0.25) is 0 Å². The van der Waals surface area contributed by atoms with Gasteiger partial charge in [-0.3, -0.25) is 19.3 Å². The molecule has 3 atom stereocenters. The number of aliphatic hydroxyl groups excluding tert-OH is 1. The normalized spacial score (nSPS) is 17.6. The van der Waals surface area contributed by atoms with Crippen molar-refractivity contribution in [1.82, 2.24) is 9.80 Å². The van der Waals surface area contributed by atoms with E-state index in [0.717, 1.165) is 12.8 Å². The van der Waals surface area contributed by atoms with Gasteiger partial charge in [-0.05, 0) is 67.1 Å². The van der Waals surface area contributed by atoms with Crippen LogP contribution in [0.3, 0.4) is 0 Å². The van der Waals surface area contributed by atoms with Crippen LogP contribution in [-0.2, 0) is 0 Å². The number of nitrogens with zero attached hydrogens (tertiary/aromatic N) is 4. The minimum atomic E-state index is -1.24. The number of amides is 3. The Hall–Kier alpha value is -5.05. The van der Waals surface area contributed by atoms with Crippen LogP contribution < -0.4 is 0 Å². The van der Waals surface area contributed by atoms with Crippen molar-refractivity contribution in [3.63, 3.8) is 0 Å². The van der Waals surface area contributed by atoms with Crippen molar-refractivity contribution in [3.05, 3.63) is 69.8 Å². The lowest BCUT2D eigenvalue weighted by molar-refractivity contribution is -0.0139. The van der Waals surface area contributed by atoms with Gasteiger partial charge in [-0.25, -0.2) is 0 Å². The molecule has 0 spiro atoms. The van der Waals surface area contributed by atoms with E-state index < -0.39 is 12.1 Å². The first-order valence-electron chi connectivity index (χ1n) is 15.2. The molecule has 0 radical (unpaired) electrons. The quantitative estimate of drug-likeness (QED) is 0.132. The molecule has 5 aromatic rings. The fourth-order valence-electron chi connectivity index (χ4n) is 7.74. The van der Waals surface area contributed by atoms with E-state index in [-0.39, 0.29) is 29.5 Å². The standard InChI is InChI=1S/C36H30N4O4/c1-5-7-17(3)39-33(41)23-11-9-21-28-20(16-38)14-26-30-24(34(42)40(36(26)44)18(4)8-6-2)12-10-22(32(28)30)27-19(15-37)13-25(35(39)43)29(23)31(21)27/h9-14,17-18,35,43H,5-8H2,1-4H3. The number of carbonyl (C=O) groups is 3. The van der Waals surface area contributed by atoms with Crippen LogP contribution in [0.1, 0.15) is 107 Å². The fourth-order valence-corrected chi connectivity index (χ4v) is 7.74. The van der Waals surface area contributed by atoms with Crippen molar-refractivity contribution in [2.75, 3.05) is 0 Å². The molecule has 44 heavy (non-hydrogen) atoms. The summed E-state index contributed by atoms with van der Waals surface area (Å²) in [5, 5.41) is 37.1. The summed E-state index contributed by atoms with van der Waals surface area (Å²) in [5.74, 6) is -1.10. The van der Waals surface area contributed by atoms with E-state index >= 15 is 0 Å². The van der Waals surface area contributed by atoms with Gasteiger partial charge in [-0.1, -0.05) is 38.8 Å². The third-order valence-corrected chi connectivity index (χ3v) is 9.61. The predicted octanol–water partition coefficient (Wildman–Crippen LogP) is 6.90. The molecule has 0 saturated heterocycles. The molecule has 2 heterocycles. The van der Waals surface area contributed by atoms with Gasteiger partial charge in [0.2, 0.25) is 0 Å². The largest absolute Gasteiger partial charge is 0.369 e. The Labute approximate surface area is 254 Å². The highest BCUT2D eigenvalue weighted by Crippen LogP contribution is 2.50. The Balaban J connectivity index is 1.65. The van der Waals surface area contributed by atoms with Crippen LogP contribution in [0.4, 0.5) is 0 Å². The number of nitriles is 2. The Bertz CT molecular complexity index is 2210.